The van der Waals surface area contributed by atoms with Crippen molar-refractivity contribution in [2.24, 2.45) is 0 Å². The summed E-state index contributed by atoms with van der Waals surface area (Å²) in [6.45, 7) is 6.35. The normalized spacial score (nSPS) is 26.0. The zero-order valence-corrected chi connectivity index (χ0v) is 15.1. The predicted octanol–water partition coefficient (Wildman–Crippen LogP) is 2.58. The van der Waals surface area contributed by atoms with Gasteiger partial charge >= 0.3 is 0 Å². The molecule has 2 aliphatic rings. The largest absolute Gasteiger partial charge is 0.367 e. The summed E-state index contributed by atoms with van der Waals surface area (Å²) in [4.78, 5) is 9.87. The maximum atomic E-state index is 11.6. The molecule has 2 aromatic rings. The summed E-state index contributed by atoms with van der Waals surface area (Å²) in [6.07, 6.45) is 2.20. The van der Waals surface area contributed by atoms with Gasteiger partial charge in [0, 0.05) is 65.6 Å². The third-order valence-electron chi connectivity index (χ3n) is 5.37. The van der Waals surface area contributed by atoms with Crippen LogP contribution in [-0.2, 0) is 10.8 Å². The summed E-state index contributed by atoms with van der Waals surface area (Å²) in [6, 6.07) is 11.4. The van der Waals surface area contributed by atoms with Crippen LogP contribution in [0.5, 0.6) is 0 Å². The number of rotatable bonds is 2. The minimum absolute atomic E-state index is 0.565. The van der Waals surface area contributed by atoms with Crippen molar-refractivity contribution in [3.8, 4) is 0 Å². The second kappa shape index (κ2) is 6.81. The molecule has 0 atom stereocenters. The van der Waals surface area contributed by atoms with Crippen LogP contribution in [0.15, 0.2) is 30.3 Å². The smallest absolute Gasteiger partial charge is 0.0938 e. The number of piperazine rings is 1. The van der Waals surface area contributed by atoms with Gasteiger partial charge < -0.3 is 4.90 Å². The number of hydrogen-bond acceptors (Lipinski definition) is 4. The summed E-state index contributed by atoms with van der Waals surface area (Å²) >= 11 is 0. The molecule has 0 aliphatic carbocycles. The topological polar surface area (TPSA) is 36.4 Å². The van der Waals surface area contributed by atoms with Crippen molar-refractivity contribution in [1.82, 2.24) is 9.88 Å². The van der Waals surface area contributed by atoms with E-state index in [-0.39, 0.29) is 0 Å². The molecule has 2 fully saturated rings. The van der Waals surface area contributed by atoms with Gasteiger partial charge in [0.15, 0.2) is 0 Å². The van der Waals surface area contributed by atoms with Crippen LogP contribution < -0.4 is 4.90 Å². The lowest BCUT2D eigenvalue weighted by Gasteiger charge is -2.41. The van der Waals surface area contributed by atoms with Gasteiger partial charge in [-0.2, -0.15) is 0 Å². The fourth-order valence-corrected chi connectivity index (χ4v) is 5.23. The van der Waals surface area contributed by atoms with E-state index in [4.69, 9.17) is 4.98 Å². The second-order valence-electron chi connectivity index (χ2n) is 6.90. The number of para-hydroxylation sites is 1. The Hall–Kier alpha value is -1.46. The molecule has 0 spiro atoms. The SMILES string of the molecule is Cc1ccc2cccc(N3CCN(C4CCS(=O)CC4)CC3)c2n1. The molecule has 0 unspecified atom stereocenters. The zero-order chi connectivity index (χ0) is 16.5. The molecule has 0 radical (unpaired) electrons. The molecule has 1 aromatic carbocycles. The van der Waals surface area contributed by atoms with Crippen molar-refractivity contribution < 1.29 is 4.21 Å². The first kappa shape index (κ1) is 16.0. The number of nitrogens with zero attached hydrogens (tertiary/aromatic N) is 3. The van der Waals surface area contributed by atoms with Gasteiger partial charge in [-0.15, -0.1) is 0 Å². The Morgan fingerprint density at radius 1 is 1.04 bits per heavy atom. The molecule has 0 amide bonds. The highest BCUT2D eigenvalue weighted by molar-refractivity contribution is 7.85. The van der Waals surface area contributed by atoms with Crippen molar-refractivity contribution in [2.75, 3.05) is 42.6 Å². The Morgan fingerprint density at radius 3 is 2.54 bits per heavy atom. The highest BCUT2D eigenvalue weighted by atomic mass is 32.2. The zero-order valence-electron chi connectivity index (χ0n) is 14.3. The molecule has 3 heterocycles. The Balaban J connectivity index is 1.48. The molecule has 128 valence electrons. The van der Waals surface area contributed by atoms with Crippen molar-refractivity contribution in [3.05, 3.63) is 36.0 Å². The van der Waals surface area contributed by atoms with Crippen molar-refractivity contribution in [1.29, 1.82) is 0 Å². The van der Waals surface area contributed by atoms with Gasteiger partial charge in [-0.1, -0.05) is 18.2 Å². The van der Waals surface area contributed by atoms with Crippen LogP contribution in [0, 0.1) is 6.92 Å². The van der Waals surface area contributed by atoms with Crippen LogP contribution in [0.3, 0.4) is 0 Å². The second-order valence-corrected chi connectivity index (χ2v) is 8.60. The standard InChI is InChI=1S/C19H25N3OS/c1-15-5-6-16-3-2-4-18(19(16)20-15)22-11-9-21(10-12-22)17-7-13-24(23)14-8-17/h2-6,17H,7-14H2,1H3. The van der Waals surface area contributed by atoms with E-state index in [9.17, 15) is 4.21 Å². The van der Waals surface area contributed by atoms with Gasteiger partial charge in [0.05, 0.1) is 11.2 Å². The van der Waals surface area contributed by atoms with Gasteiger partial charge in [0.1, 0.15) is 0 Å². The summed E-state index contributed by atoms with van der Waals surface area (Å²) in [5, 5.41) is 1.22. The fraction of sp³-hybridized carbons (Fsp3) is 0.526. The molecule has 2 saturated heterocycles. The highest BCUT2D eigenvalue weighted by Gasteiger charge is 2.27. The van der Waals surface area contributed by atoms with Crippen LogP contribution in [0.1, 0.15) is 18.5 Å². The number of anilines is 1. The van der Waals surface area contributed by atoms with Gasteiger partial charge in [0.2, 0.25) is 0 Å². The highest BCUT2D eigenvalue weighted by Crippen LogP contribution is 2.27. The monoisotopic (exact) mass is 343 g/mol. The molecule has 24 heavy (non-hydrogen) atoms. The van der Waals surface area contributed by atoms with Crippen LogP contribution in [0.25, 0.3) is 10.9 Å². The molecule has 4 nitrogen and oxygen atoms in total. The number of benzene rings is 1. The van der Waals surface area contributed by atoms with Crippen molar-refractivity contribution in [2.45, 2.75) is 25.8 Å². The van der Waals surface area contributed by atoms with Crippen LogP contribution in [-0.4, -0.2) is 57.8 Å². The minimum atomic E-state index is -0.565. The lowest BCUT2D eigenvalue weighted by Crippen LogP contribution is -2.51. The van der Waals surface area contributed by atoms with E-state index in [1.54, 1.807) is 0 Å². The Bertz CT molecular complexity index is 745. The maximum Gasteiger partial charge on any atom is 0.0938 e. The summed E-state index contributed by atoms with van der Waals surface area (Å²) in [5.41, 5.74) is 3.46. The van der Waals surface area contributed by atoms with Crippen molar-refractivity contribution >= 4 is 27.4 Å². The molecule has 0 bridgehead atoms. The number of pyridine rings is 1. The van der Waals surface area contributed by atoms with E-state index in [0.29, 0.717) is 6.04 Å². The summed E-state index contributed by atoms with van der Waals surface area (Å²) in [7, 11) is -0.565. The average molecular weight is 343 g/mol. The molecular formula is C19H25N3OS. The quantitative estimate of drug-likeness (QED) is 0.840. The summed E-state index contributed by atoms with van der Waals surface area (Å²) in [5.74, 6) is 1.77. The molecule has 2 aliphatic heterocycles. The molecular weight excluding hydrogens is 318 g/mol. The maximum absolute atomic E-state index is 11.6. The van der Waals surface area contributed by atoms with Crippen LogP contribution >= 0.6 is 0 Å². The summed E-state index contributed by atoms with van der Waals surface area (Å²) < 4.78 is 11.6. The molecule has 1 aromatic heterocycles. The van der Waals surface area contributed by atoms with Crippen LogP contribution in [0.2, 0.25) is 0 Å². The number of hydrogen-bond donors (Lipinski definition) is 0. The molecule has 0 saturated carbocycles. The Kier molecular flexibility index (Phi) is 4.55. The lowest BCUT2D eigenvalue weighted by atomic mass is 10.1. The molecule has 5 heteroatoms. The first-order chi connectivity index (χ1) is 11.7. The average Bonchev–Trinajstić information content (AvgIpc) is 2.62. The minimum Gasteiger partial charge on any atom is -0.367 e. The Labute approximate surface area is 146 Å². The van der Waals surface area contributed by atoms with Gasteiger partial charge in [-0.25, -0.2) is 0 Å². The van der Waals surface area contributed by atoms with E-state index in [1.807, 2.05) is 0 Å². The van der Waals surface area contributed by atoms with E-state index in [1.165, 1.54) is 11.1 Å². The van der Waals surface area contributed by atoms with Gasteiger partial charge in [-0.05, 0) is 31.9 Å². The first-order valence-corrected chi connectivity index (χ1v) is 10.4. The van der Waals surface area contributed by atoms with Gasteiger partial charge in [-0.3, -0.25) is 14.1 Å². The van der Waals surface area contributed by atoms with E-state index in [0.717, 1.165) is 61.7 Å². The molecule has 4 rings (SSSR count). The number of fused-ring (bicyclic) bond motifs is 1. The third kappa shape index (κ3) is 3.20. The van der Waals surface area contributed by atoms with E-state index < -0.39 is 10.8 Å². The van der Waals surface area contributed by atoms with Crippen LogP contribution in [0.4, 0.5) is 5.69 Å². The van der Waals surface area contributed by atoms with E-state index in [2.05, 4.69) is 47.1 Å². The number of aryl methyl sites for hydroxylation is 1. The van der Waals surface area contributed by atoms with E-state index >= 15 is 0 Å². The lowest BCUT2D eigenvalue weighted by molar-refractivity contribution is 0.174. The number of aromatic nitrogens is 1. The van der Waals surface area contributed by atoms with Gasteiger partial charge in [0.25, 0.3) is 0 Å². The first-order valence-electron chi connectivity index (χ1n) is 8.91. The fourth-order valence-electron chi connectivity index (χ4n) is 3.96. The van der Waals surface area contributed by atoms with Crippen molar-refractivity contribution in [3.63, 3.8) is 0 Å². The Morgan fingerprint density at radius 2 is 1.79 bits per heavy atom. The third-order valence-corrected chi connectivity index (χ3v) is 6.75. The predicted molar refractivity (Wildman–Crippen MR) is 101 cm³/mol. The molecule has 0 N–H and O–H groups in total.